The Morgan fingerprint density at radius 3 is 3.00 bits per heavy atom. The number of nitrogens with one attached hydrogen (secondary N) is 2. The van der Waals surface area contributed by atoms with E-state index in [1.165, 1.54) is 0 Å². The lowest BCUT2D eigenvalue weighted by atomic mass is 9.89. The van der Waals surface area contributed by atoms with E-state index < -0.39 is 5.91 Å². The second kappa shape index (κ2) is 5.21. The van der Waals surface area contributed by atoms with Crippen LogP contribution in [-0.4, -0.2) is 34.9 Å². The van der Waals surface area contributed by atoms with Crippen LogP contribution in [-0.2, 0) is 4.74 Å². The summed E-state index contributed by atoms with van der Waals surface area (Å²) in [6.07, 6.45) is 3.80. The number of carbonyl (C=O) groups is 1. The summed E-state index contributed by atoms with van der Waals surface area (Å²) in [5.74, 6) is -0.0722. The monoisotopic (exact) mass is 299 g/mol. The fourth-order valence-electron chi connectivity index (χ4n) is 3.49. The molecule has 0 aliphatic carbocycles. The standard InChI is InChI=1S/C16H17N3O3/c20-15-11-3-1-2-4-12(11)18-19-14(15)16(21)17-8-9-7-10-5-6-13(9)22-10/h1-4,9-10,13H,5-8H2,(H,17,21)(H,18,20)/t9-,10+,13-/m0/s1. The van der Waals surface area contributed by atoms with Crippen molar-refractivity contribution in [1.82, 2.24) is 15.5 Å². The lowest BCUT2D eigenvalue weighted by molar-refractivity contribution is 0.0870. The molecule has 2 N–H and O–H groups in total. The number of H-pyrrole nitrogens is 1. The summed E-state index contributed by atoms with van der Waals surface area (Å²) < 4.78 is 5.77. The molecule has 1 aromatic carbocycles. The van der Waals surface area contributed by atoms with E-state index in [9.17, 15) is 9.59 Å². The third-order valence-electron chi connectivity index (χ3n) is 4.65. The van der Waals surface area contributed by atoms with E-state index in [1.807, 2.05) is 6.07 Å². The first kappa shape index (κ1) is 13.5. The van der Waals surface area contributed by atoms with Gasteiger partial charge in [-0.2, -0.15) is 5.10 Å². The number of aromatic amines is 1. The Morgan fingerprint density at radius 1 is 1.36 bits per heavy atom. The first-order valence-corrected chi connectivity index (χ1v) is 7.63. The first-order valence-electron chi connectivity index (χ1n) is 7.63. The van der Waals surface area contributed by atoms with Crippen molar-refractivity contribution in [3.05, 3.63) is 40.2 Å². The number of nitrogens with zero attached hydrogens (tertiary/aromatic N) is 1. The van der Waals surface area contributed by atoms with Gasteiger partial charge in [-0.05, 0) is 31.4 Å². The normalized spacial score (nSPS) is 26.5. The summed E-state index contributed by atoms with van der Waals surface area (Å²) in [7, 11) is 0. The minimum Gasteiger partial charge on any atom is -0.375 e. The summed E-state index contributed by atoms with van der Waals surface area (Å²) in [5.41, 5.74) is 0.212. The van der Waals surface area contributed by atoms with Gasteiger partial charge in [-0.1, -0.05) is 12.1 Å². The van der Waals surface area contributed by atoms with Crippen molar-refractivity contribution in [3.8, 4) is 0 Å². The summed E-state index contributed by atoms with van der Waals surface area (Å²) in [5, 5.41) is 9.99. The van der Waals surface area contributed by atoms with Gasteiger partial charge in [0.2, 0.25) is 5.43 Å². The molecule has 2 fully saturated rings. The van der Waals surface area contributed by atoms with Crippen molar-refractivity contribution >= 4 is 16.8 Å². The highest BCUT2D eigenvalue weighted by molar-refractivity contribution is 5.95. The van der Waals surface area contributed by atoms with Crippen LogP contribution in [0.4, 0.5) is 0 Å². The predicted octanol–water partition coefficient (Wildman–Crippen LogP) is 1.22. The van der Waals surface area contributed by atoms with Gasteiger partial charge in [-0.25, -0.2) is 0 Å². The van der Waals surface area contributed by atoms with Crippen LogP contribution in [0.5, 0.6) is 0 Å². The number of rotatable bonds is 3. The second-order valence-corrected chi connectivity index (χ2v) is 6.03. The van der Waals surface area contributed by atoms with Crippen LogP contribution >= 0.6 is 0 Å². The molecule has 2 saturated heterocycles. The molecule has 6 nitrogen and oxygen atoms in total. The molecule has 1 aromatic heterocycles. The van der Waals surface area contributed by atoms with Gasteiger partial charge in [0.25, 0.3) is 5.91 Å². The molecular weight excluding hydrogens is 282 g/mol. The number of amides is 1. The highest BCUT2D eigenvalue weighted by Gasteiger charge is 2.40. The molecule has 0 spiro atoms. The summed E-state index contributed by atoms with van der Waals surface area (Å²) in [6, 6.07) is 7.04. The predicted molar refractivity (Wildman–Crippen MR) is 80.7 cm³/mol. The lowest BCUT2D eigenvalue weighted by Gasteiger charge is -2.18. The number of aromatic nitrogens is 2. The molecule has 1 amide bonds. The number of para-hydroxylation sites is 1. The van der Waals surface area contributed by atoms with Crippen LogP contribution in [0.2, 0.25) is 0 Å². The van der Waals surface area contributed by atoms with Gasteiger partial charge in [0, 0.05) is 17.8 Å². The average Bonchev–Trinajstić information content (AvgIpc) is 3.16. The van der Waals surface area contributed by atoms with Crippen molar-refractivity contribution in [2.24, 2.45) is 5.92 Å². The Labute approximate surface area is 126 Å². The van der Waals surface area contributed by atoms with E-state index in [-0.39, 0.29) is 17.2 Å². The van der Waals surface area contributed by atoms with Gasteiger partial charge in [0.05, 0.1) is 17.7 Å². The third kappa shape index (κ3) is 2.20. The van der Waals surface area contributed by atoms with Crippen molar-refractivity contribution in [1.29, 1.82) is 0 Å². The first-order chi connectivity index (χ1) is 10.7. The highest BCUT2D eigenvalue weighted by Crippen LogP contribution is 2.38. The van der Waals surface area contributed by atoms with Crippen LogP contribution in [0, 0.1) is 5.92 Å². The molecule has 4 rings (SSSR count). The van der Waals surface area contributed by atoms with Crippen LogP contribution in [0.25, 0.3) is 10.9 Å². The van der Waals surface area contributed by atoms with Crippen LogP contribution < -0.4 is 10.7 Å². The SMILES string of the molecule is O=C(NC[C@@H]1C[C@H]2CC[C@@H]1O2)c1n[nH]c2ccccc2c1=O. The smallest absolute Gasteiger partial charge is 0.275 e. The number of fused-ring (bicyclic) bond motifs is 3. The van der Waals surface area contributed by atoms with Crippen molar-refractivity contribution in [2.75, 3.05) is 6.54 Å². The number of carbonyl (C=O) groups excluding carboxylic acids is 1. The Balaban J connectivity index is 1.51. The van der Waals surface area contributed by atoms with E-state index in [1.54, 1.807) is 18.2 Å². The van der Waals surface area contributed by atoms with E-state index in [0.29, 0.717) is 29.5 Å². The zero-order chi connectivity index (χ0) is 15.1. The van der Waals surface area contributed by atoms with Crippen molar-refractivity contribution < 1.29 is 9.53 Å². The van der Waals surface area contributed by atoms with Gasteiger partial charge < -0.3 is 10.1 Å². The number of hydrogen-bond acceptors (Lipinski definition) is 4. The minimum atomic E-state index is -0.422. The van der Waals surface area contributed by atoms with Crippen molar-refractivity contribution in [2.45, 2.75) is 31.5 Å². The van der Waals surface area contributed by atoms with Crippen molar-refractivity contribution in [3.63, 3.8) is 0 Å². The lowest BCUT2D eigenvalue weighted by Crippen LogP contribution is -2.36. The van der Waals surface area contributed by atoms with Crippen LogP contribution in [0.1, 0.15) is 29.8 Å². The molecule has 2 bridgehead atoms. The molecule has 0 unspecified atom stereocenters. The molecule has 0 radical (unpaired) electrons. The zero-order valence-corrected chi connectivity index (χ0v) is 12.0. The number of benzene rings is 1. The Kier molecular flexibility index (Phi) is 3.18. The van der Waals surface area contributed by atoms with E-state index in [0.717, 1.165) is 19.3 Å². The second-order valence-electron chi connectivity index (χ2n) is 6.03. The fraction of sp³-hybridized carbons (Fsp3) is 0.438. The Morgan fingerprint density at radius 2 is 2.23 bits per heavy atom. The Hall–Kier alpha value is -2.21. The quantitative estimate of drug-likeness (QED) is 0.892. The molecule has 3 heterocycles. The van der Waals surface area contributed by atoms with Gasteiger partial charge in [-0.3, -0.25) is 14.7 Å². The summed E-state index contributed by atoms with van der Waals surface area (Å²) >= 11 is 0. The topological polar surface area (TPSA) is 84.1 Å². The van der Waals surface area contributed by atoms with Crippen LogP contribution in [0.15, 0.2) is 29.1 Å². The molecule has 2 aliphatic rings. The highest BCUT2D eigenvalue weighted by atomic mass is 16.5. The molecule has 2 aromatic rings. The average molecular weight is 299 g/mol. The number of hydrogen-bond donors (Lipinski definition) is 2. The number of ether oxygens (including phenoxy) is 1. The maximum absolute atomic E-state index is 12.3. The van der Waals surface area contributed by atoms with Gasteiger partial charge >= 0.3 is 0 Å². The molecule has 3 atom stereocenters. The van der Waals surface area contributed by atoms with E-state index in [2.05, 4.69) is 15.5 Å². The third-order valence-corrected chi connectivity index (χ3v) is 4.65. The molecule has 6 heteroatoms. The molecule has 0 saturated carbocycles. The van der Waals surface area contributed by atoms with Gasteiger partial charge in [0.15, 0.2) is 5.69 Å². The van der Waals surface area contributed by atoms with Gasteiger partial charge in [0.1, 0.15) is 0 Å². The minimum absolute atomic E-state index is 0.0808. The molecule has 22 heavy (non-hydrogen) atoms. The maximum Gasteiger partial charge on any atom is 0.275 e. The van der Waals surface area contributed by atoms with Gasteiger partial charge in [-0.15, -0.1) is 0 Å². The zero-order valence-electron chi connectivity index (χ0n) is 12.0. The maximum atomic E-state index is 12.3. The van der Waals surface area contributed by atoms with Crippen LogP contribution in [0.3, 0.4) is 0 Å². The molecular formula is C16H17N3O3. The van der Waals surface area contributed by atoms with E-state index >= 15 is 0 Å². The summed E-state index contributed by atoms with van der Waals surface area (Å²) in [6.45, 7) is 0.536. The fourth-order valence-corrected chi connectivity index (χ4v) is 3.49. The molecule has 114 valence electrons. The largest absolute Gasteiger partial charge is 0.375 e. The Bertz CT molecular complexity index is 786. The summed E-state index contributed by atoms with van der Waals surface area (Å²) in [4.78, 5) is 24.6. The van der Waals surface area contributed by atoms with E-state index in [4.69, 9.17) is 4.74 Å². The molecule has 2 aliphatic heterocycles.